The Morgan fingerprint density at radius 1 is 1.00 bits per heavy atom. The summed E-state index contributed by atoms with van der Waals surface area (Å²) in [5, 5.41) is 6.89. The molecule has 3 aromatic carbocycles. The molecule has 1 amide bonds. The number of para-hydroxylation sites is 1. The van der Waals surface area contributed by atoms with Crippen molar-refractivity contribution in [3.05, 3.63) is 94.4 Å². The van der Waals surface area contributed by atoms with Crippen molar-refractivity contribution in [2.75, 3.05) is 17.7 Å². The van der Waals surface area contributed by atoms with Crippen LogP contribution in [0.15, 0.2) is 77.6 Å². The number of hydrogen-bond acceptors (Lipinski definition) is 5. The molecule has 0 bridgehead atoms. The quantitative estimate of drug-likeness (QED) is 0.399. The lowest BCUT2D eigenvalue weighted by Crippen LogP contribution is -2.30. The second-order valence-electron chi connectivity index (χ2n) is 8.37. The fraction of sp³-hybridized carbons (Fsp3) is 0.222. The first kappa shape index (κ1) is 23.0. The van der Waals surface area contributed by atoms with Crippen LogP contribution in [0.1, 0.15) is 30.9 Å². The number of nitrogens with zero attached hydrogens (tertiary/aromatic N) is 2. The number of rotatable bonds is 8. The summed E-state index contributed by atoms with van der Waals surface area (Å²) in [6, 6.07) is 22.8. The van der Waals surface area contributed by atoms with Crippen LogP contribution in [0.25, 0.3) is 10.9 Å². The van der Waals surface area contributed by atoms with Crippen molar-refractivity contribution in [1.29, 1.82) is 0 Å². The number of carbonyl (C=O) groups excluding carboxylic acids is 1. The number of hydrogen-bond donors (Lipinski definition) is 2. The van der Waals surface area contributed by atoms with E-state index in [0.717, 1.165) is 16.7 Å². The third-order valence-corrected chi connectivity index (χ3v) is 5.67. The summed E-state index contributed by atoms with van der Waals surface area (Å²) in [7, 11) is 1.63. The lowest BCUT2D eigenvalue weighted by molar-refractivity contribution is -0.116. The lowest BCUT2D eigenvalue weighted by atomic mass is 10.0. The van der Waals surface area contributed by atoms with Gasteiger partial charge in [0.25, 0.3) is 0 Å². The first-order valence-corrected chi connectivity index (χ1v) is 11.2. The van der Waals surface area contributed by atoms with Gasteiger partial charge in [0, 0.05) is 17.6 Å². The lowest BCUT2D eigenvalue weighted by Gasteiger charge is -2.14. The molecular weight excluding hydrogens is 428 g/mol. The zero-order chi connectivity index (χ0) is 24.1. The molecule has 0 atom stereocenters. The third kappa shape index (κ3) is 5.26. The van der Waals surface area contributed by atoms with Crippen molar-refractivity contribution in [3.8, 4) is 5.75 Å². The van der Waals surface area contributed by atoms with E-state index in [0.29, 0.717) is 29.5 Å². The molecule has 34 heavy (non-hydrogen) atoms. The first-order chi connectivity index (χ1) is 16.4. The van der Waals surface area contributed by atoms with Gasteiger partial charge >= 0.3 is 5.69 Å². The fourth-order valence-electron chi connectivity index (χ4n) is 3.74. The van der Waals surface area contributed by atoms with Gasteiger partial charge in [-0.05, 0) is 53.4 Å². The van der Waals surface area contributed by atoms with E-state index in [1.807, 2.05) is 72.8 Å². The Labute approximate surface area is 198 Å². The molecular formula is C27H28N4O3. The molecule has 4 aromatic rings. The van der Waals surface area contributed by atoms with E-state index in [1.165, 1.54) is 10.1 Å². The molecule has 0 saturated carbocycles. The molecule has 0 saturated heterocycles. The summed E-state index contributed by atoms with van der Waals surface area (Å²) in [6.45, 7) is 4.61. The maximum Gasteiger partial charge on any atom is 0.350 e. The van der Waals surface area contributed by atoms with Crippen LogP contribution in [0.2, 0.25) is 0 Å². The van der Waals surface area contributed by atoms with Gasteiger partial charge in [-0.15, -0.1) is 0 Å². The number of benzene rings is 3. The number of fused-ring (bicyclic) bond motifs is 1. The number of aromatic nitrogens is 2. The highest BCUT2D eigenvalue weighted by Crippen LogP contribution is 2.21. The number of amides is 1. The Morgan fingerprint density at radius 2 is 1.71 bits per heavy atom. The van der Waals surface area contributed by atoms with Crippen molar-refractivity contribution < 1.29 is 9.53 Å². The van der Waals surface area contributed by atoms with Gasteiger partial charge in [0.05, 0.1) is 12.6 Å². The van der Waals surface area contributed by atoms with Crippen LogP contribution in [0.4, 0.5) is 11.5 Å². The smallest absolute Gasteiger partial charge is 0.350 e. The van der Waals surface area contributed by atoms with Crippen LogP contribution in [0.5, 0.6) is 5.75 Å². The minimum Gasteiger partial charge on any atom is -0.497 e. The highest BCUT2D eigenvalue weighted by atomic mass is 16.5. The number of methoxy groups -OCH3 is 1. The molecule has 1 aromatic heterocycles. The molecule has 7 heteroatoms. The molecule has 4 rings (SSSR count). The maximum absolute atomic E-state index is 12.9. The van der Waals surface area contributed by atoms with Crippen LogP contribution in [-0.4, -0.2) is 22.6 Å². The average Bonchev–Trinajstić information content (AvgIpc) is 2.85. The largest absolute Gasteiger partial charge is 0.497 e. The molecule has 2 N–H and O–H groups in total. The van der Waals surface area contributed by atoms with Gasteiger partial charge in [-0.1, -0.05) is 50.2 Å². The van der Waals surface area contributed by atoms with Crippen LogP contribution >= 0.6 is 0 Å². The van der Waals surface area contributed by atoms with Crippen molar-refractivity contribution in [3.63, 3.8) is 0 Å². The molecule has 0 aliphatic heterocycles. The Hall–Kier alpha value is -4.13. The SMILES string of the molecule is COc1ccc(CNc2nc(=O)n(CC(=O)Nc3ccc(C(C)C)cc3)c3ccccc23)cc1. The van der Waals surface area contributed by atoms with E-state index in [4.69, 9.17) is 4.74 Å². The van der Waals surface area contributed by atoms with Gasteiger partial charge in [0.15, 0.2) is 0 Å². The van der Waals surface area contributed by atoms with E-state index in [2.05, 4.69) is 29.5 Å². The zero-order valence-corrected chi connectivity index (χ0v) is 19.5. The second kappa shape index (κ2) is 10.2. The van der Waals surface area contributed by atoms with Crippen LogP contribution in [0.3, 0.4) is 0 Å². The van der Waals surface area contributed by atoms with E-state index < -0.39 is 5.69 Å². The first-order valence-electron chi connectivity index (χ1n) is 11.2. The van der Waals surface area contributed by atoms with E-state index in [1.54, 1.807) is 7.11 Å². The molecule has 174 valence electrons. The predicted molar refractivity (Wildman–Crippen MR) is 135 cm³/mol. The summed E-state index contributed by atoms with van der Waals surface area (Å²) >= 11 is 0. The van der Waals surface area contributed by atoms with Gasteiger partial charge < -0.3 is 15.4 Å². The molecule has 0 fully saturated rings. The Kier molecular flexibility index (Phi) is 6.92. The maximum atomic E-state index is 12.9. The van der Waals surface area contributed by atoms with E-state index in [-0.39, 0.29) is 12.5 Å². The molecule has 0 unspecified atom stereocenters. The fourth-order valence-corrected chi connectivity index (χ4v) is 3.74. The van der Waals surface area contributed by atoms with Crippen molar-refractivity contribution in [2.24, 2.45) is 0 Å². The van der Waals surface area contributed by atoms with Crippen molar-refractivity contribution >= 4 is 28.3 Å². The molecule has 0 radical (unpaired) electrons. The topological polar surface area (TPSA) is 85.2 Å². The van der Waals surface area contributed by atoms with Crippen LogP contribution in [0, 0.1) is 0 Å². The summed E-state index contributed by atoms with van der Waals surface area (Å²) in [6.07, 6.45) is 0. The predicted octanol–water partition coefficient (Wildman–Crippen LogP) is 4.78. The highest BCUT2D eigenvalue weighted by molar-refractivity contribution is 5.93. The Bertz CT molecular complexity index is 1340. The van der Waals surface area contributed by atoms with Gasteiger partial charge in [-0.2, -0.15) is 4.98 Å². The molecule has 1 heterocycles. The Balaban J connectivity index is 1.53. The monoisotopic (exact) mass is 456 g/mol. The summed E-state index contributed by atoms with van der Waals surface area (Å²) in [5.41, 5.74) is 3.07. The van der Waals surface area contributed by atoms with Gasteiger partial charge in [-0.3, -0.25) is 9.36 Å². The minimum absolute atomic E-state index is 0.128. The minimum atomic E-state index is -0.485. The van der Waals surface area contributed by atoms with E-state index in [9.17, 15) is 9.59 Å². The van der Waals surface area contributed by atoms with Crippen molar-refractivity contribution in [1.82, 2.24) is 9.55 Å². The summed E-state index contributed by atoms with van der Waals surface area (Å²) in [4.78, 5) is 29.8. The van der Waals surface area contributed by atoms with E-state index >= 15 is 0 Å². The molecule has 0 aliphatic carbocycles. The normalized spacial score (nSPS) is 10.9. The van der Waals surface area contributed by atoms with Crippen LogP contribution < -0.4 is 21.1 Å². The summed E-state index contributed by atoms with van der Waals surface area (Å²) < 4.78 is 6.59. The summed E-state index contributed by atoms with van der Waals surface area (Å²) in [5.74, 6) is 1.39. The third-order valence-electron chi connectivity index (χ3n) is 5.67. The van der Waals surface area contributed by atoms with Crippen molar-refractivity contribution in [2.45, 2.75) is 32.9 Å². The molecule has 0 spiro atoms. The molecule has 0 aliphatic rings. The van der Waals surface area contributed by atoms with Gasteiger partial charge in [-0.25, -0.2) is 4.79 Å². The number of nitrogens with one attached hydrogen (secondary N) is 2. The van der Waals surface area contributed by atoms with Gasteiger partial charge in [0.2, 0.25) is 5.91 Å². The highest BCUT2D eigenvalue weighted by Gasteiger charge is 2.13. The van der Waals surface area contributed by atoms with Crippen LogP contribution in [-0.2, 0) is 17.9 Å². The molecule has 7 nitrogen and oxygen atoms in total. The number of anilines is 2. The Morgan fingerprint density at radius 3 is 2.38 bits per heavy atom. The number of ether oxygens (including phenoxy) is 1. The zero-order valence-electron chi connectivity index (χ0n) is 19.5. The van der Waals surface area contributed by atoms with Gasteiger partial charge in [0.1, 0.15) is 18.1 Å². The second-order valence-corrected chi connectivity index (χ2v) is 8.37. The standard InChI is InChI=1S/C27H28N4O3/c1-18(2)20-10-12-21(13-11-20)29-25(32)17-31-24-7-5-4-6-23(24)26(30-27(31)33)28-16-19-8-14-22(34-3)15-9-19/h4-15,18H,16-17H2,1-3H3,(H,29,32)(H,28,30,33). The average molecular weight is 457 g/mol. The number of carbonyl (C=O) groups is 1.